The molecular weight excluding hydrogens is 332 g/mol. The number of methoxy groups -OCH3 is 1. The Morgan fingerprint density at radius 2 is 2.13 bits per heavy atom. The molecule has 1 aromatic heterocycles. The molecule has 1 amide bonds. The van der Waals surface area contributed by atoms with Gasteiger partial charge in [0.25, 0.3) is 5.91 Å². The third-order valence-corrected chi connectivity index (χ3v) is 4.70. The molecule has 0 aliphatic rings. The first-order chi connectivity index (χ1) is 11.1. The van der Waals surface area contributed by atoms with Gasteiger partial charge >= 0.3 is 0 Å². The van der Waals surface area contributed by atoms with E-state index in [0.29, 0.717) is 16.5 Å². The van der Waals surface area contributed by atoms with Gasteiger partial charge in [-0.2, -0.15) is 4.37 Å². The van der Waals surface area contributed by atoms with Crippen LogP contribution in [0.25, 0.3) is 0 Å². The van der Waals surface area contributed by atoms with E-state index in [9.17, 15) is 4.79 Å². The third kappa shape index (κ3) is 5.42. The third-order valence-electron chi connectivity index (χ3n) is 2.88. The second-order valence-electron chi connectivity index (χ2n) is 4.70. The van der Waals surface area contributed by atoms with E-state index in [-0.39, 0.29) is 5.71 Å². The van der Waals surface area contributed by atoms with E-state index in [1.54, 1.807) is 37.9 Å². The number of aromatic nitrogens is 2. The molecule has 0 saturated carbocycles. The molecule has 0 fully saturated rings. The largest absolute Gasteiger partial charge is 0.385 e. The minimum Gasteiger partial charge on any atom is -0.385 e. The minimum atomic E-state index is -0.485. The van der Waals surface area contributed by atoms with E-state index in [0.717, 1.165) is 35.2 Å². The molecule has 0 aliphatic heterocycles. The van der Waals surface area contributed by atoms with Crippen LogP contribution in [0.15, 0.2) is 29.2 Å². The molecule has 1 heterocycles. The summed E-state index contributed by atoms with van der Waals surface area (Å²) in [6, 6.07) is 7.41. The average Bonchev–Trinajstić information content (AvgIpc) is 2.96. The van der Waals surface area contributed by atoms with Crippen molar-refractivity contribution in [1.82, 2.24) is 9.36 Å². The molecular formula is C15H18N4O2S2. The van der Waals surface area contributed by atoms with Gasteiger partial charge in [0.2, 0.25) is 5.13 Å². The van der Waals surface area contributed by atoms with Gasteiger partial charge in [0.1, 0.15) is 11.5 Å². The topological polar surface area (TPSA) is 88.0 Å². The molecule has 6 nitrogen and oxygen atoms in total. The predicted molar refractivity (Wildman–Crippen MR) is 93.8 cm³/mol. The zero-order valence-electron chi connectivity index (χ0n) is 13.0. The maximum absolute atomic E-state index is 12.0. The van der Waals surface area contributed by atoms with Gasteiger partial charge in [-0.05, 0) is 25.5 Å². The Bertz CT molecular complexity index is 670. The summed E-state index contributed by atoms with van der Waals surface area (Å²) in [4.78, 5) is 17.2. The molecule has 2 N–H and O–H groups in total. The molecule has 0 bridgehead atoms. The Kier molecular flexibility index (Phi) is 6.69. The van der Waals surface area contributed by atoms with E-state index in [2.05, 4.69) is 14.7 Å². The molecule has 23 heavy (non-hydrogen) atoms. The molecule has 0 spiro atoms. The van der Waals surface area contributed by atoms with E-state index >= 15 is 0 Å². The number of aryl methyl sites for hydroxylation is 1. The van der Waals surface area contributed by atoms with Gasteiger partial charge in [-0.25, -0.2) is 4.98 Å². The standard InChI is InChI=1S/C15H18N4O2S2/c1-10-17-15(23-19-10)18-14(20)13(16)11-4-6-12(7-5-11)22-9-3-8-21-2/h4-7,16H,3,8-9H2,1-2H3,(H,17,18,19,20). The summed E-state index contributed by atoms with van der Waals surface area (Å²) in [6.07, 6.45) is 0.989. The van der Waals surface area contributed by atoms with Gasteiger partial charge < -0.3 is 4.74 Å². The number of hydrogen-bond donors (Lipinski definition) is 2. The summed E-state index contributed by atoms with van der Waals surface area (Å²) in [5, 5.41) is 11.0. The van der Waals surface area contributed by atoms with Gasteiger partial charge in [-0.3, -0.25) is 15.5 Å². The summed E-state index contributed by atoms with van der Waals surface area (Å²) in [5.41, 5.74) is 0.485. The van der Waals surface area contributed by atoms with Crippen LogP contribution in [0.1, 0.15) is 17.8 Å². The quantitative estimate of drug-likeness (QED) is 0.434. The number of anilines is 1. The first kappa shape index (κ1) is 17.6. The fraction of sp³-hybridized carbons (Fsp3) is 0.333. The number of hydrogen-bond acceptors (Lipinski definition) is 7. The fourth-order valence-electron chi connectivity index (χ4n) is 1.75. The normalized spacial score (nSPS) is 10.5. The van der Waals surface area contributed by atoms with Crippen molar-refractivity contribution in [3.8, 4) is 0 Å². The van der Waals surface area contributed by atoms with E-state index in [4.69, 9.17) is 10.1 Å². The Morgan fingerprint density at radius 3 is 2.74 bits per heavy atom. The number of nitrogens with one attached hydrogen (secondary N) is 2. The molecule has 0 unspecified atom stereocenters. The summed E-state index contributed by atoms with van der Waals surface area (Å²) < 4.78 is 9.00. The molecule has 8 heteroatoms. The number of benzene rings is 1. The van der Waals surface area contributed by atoms with Gasteiger partial charge in [-0.1, -0.05) is 12.1 Å². The summed E-state index contributed by atoms with van der Waals surface area (Å²) in [7, 11) is 1.69. The van der Waals surface area contributed by atoms with Crippen molar-refractivity contribution < 1.29 is 9.53 Å². The van der Waals surface area contributed by atoms with Gasteiger partial charge in [-0.15, -0.1) is 11.8 Å². The summed E-state index contributed by atoms with van der Waals surface area (Å²) in [5.74, 6) is 1.09. The van der Waals surface area contributed by atoms with Crippen LogP contribution < -0.4 is 5.32 Å². The van der Waals surface area contributed by atoms with Gasteiger partial charge in [0.05, 0.1) is 0 Å². The number of carbonyl (C=O) groups is 1. The Balaban J connectivity index is 1.90. The lowest BCUT2D eigenvalue weighted by molar-refractivity contribution is -0.110. The van der Waals surface area contributed by atoms with Crippen LogP contribution in [0, 0.1) is 12.3 Å². The van der Waals surface area contributed by atoms with Crippen LogP contribution in [0.5, 0.6) is 0 Å². The molecule has 0 radical (unpaired) electrons. The Labute approximate surface area is 143 Å². The van der Waals surface area contributed by atoms with E-state index in [1.807, 2.05) is 12.1 Å². The fourth-order valence-corrected chi connectivity index (χ4v) is 3.15. The predicted octanol–water partition coefficient (Wildman–Crippen LogP) is 2.98. The number of amides is 1. The van der Waals surface area contributed by atoms with Crippen LogP contribution in [0.2, 0.25) is 0 Å². The molecule has 0 atom stereocenters. The minimum absolute atomic E-state index is 0.0891. The van der Waals surface area contributed by atoms with Crippen LogP contribution in [-0.4, -0.2) is 40.4 Å². The monoisotopic (exact) mass is 350 g/mol. The lowest BCUT2D eigenvalue weighted by atomic mass is 10.1. The van der Waals surface area contributed by atoms with Crippen molar-refractivity contribution in [3.63, 3.8) is 0 Å². The first-order valence-corrected chi connectivity index (χ1v) is 8.78. The first-order valence-electron chi connectivity index (χ1n) is 7.02. The average molecular weight is 350 g/mol. The number of carbonyl (C=O) groups excluding carboxylic acids is 1. The van der Waals surface area contributed by atoms with Crippen molar-refractivity contribution in [1.29, 1.82) is 5.41 Å². The molecule has 0 aliphatic carbocycles. The van der Waals surface area contributed by atoms with Gasteiger partial charge in [0.15, 0.2) is 0 Å². The highest BCUT2D eigenvalue weighted by molar-refractivity contribution is 7.99. The highest BCUT2D eigenvalue weighted by Gasteiger charge is 2.14. The Hall–Kier alpha value is -1.77. The van der Waals surface area contributed by atoms with Gasteiger partial charge in [0, 0.05) is 41.5 Å². The van der Waals surface area contributed by atoms with Crippen molar-refractivity contribution in [2.45, 2.75) is 18.2 Å². The van der Waals surface area contributed by atoms with E-state index < -0.39 is 5.91 Å². The number of rotatable bonds is 8. The Morgan fingerprint density at radius 1 is 1.39 bits per heavy atom. The van der Waals surface area contributed by atoms with Crippen molar-refractivity contribution in [2.24, 2.45) is 0 Å². The number of thioether (sulfide) groups is 1. The SMILES string of the molecule is COCCCSc1ccc(C(=N)C(=O)Nc2nc(C)ns2)cc1. The van der Waals surface area contributed by atoms with E-state index in [1.165, 1.54) is 0 Å². The summed E-state index contributed by atoms with van der Waals surface area (Å²) >= 11 is 2.83. The maximum atomic E-state index is 12.0. The van der Waals surface area contributed by atoms with Crippen molar-refractivity contribution >= 4 is 40.0 Å². The molecule has 0 saturated heterocycles. The molecule has 2 rings (SSSR count). The zero-order valence-corrected chi connectivity index (χ0v) is 14.6. The lowest BCUT2D eigenvalue weighted by Crippen LogP contribution is -2.22. The van der Waals surface area contributed by atoms with Crippen LogP contribution in [0.4, 0.5) is 5.13 Å². The lowest BCUT2D eigenvalue weighted by Gasteiger charge is -2.05. The molecule has 1 aromatic carbocycles. The highest BCUT2D eigenvalue weighted by atomic mass is 32.2. The zero-order chi connectivity index (χ0) is 16.7. The number of nitrogens with zero attached hydrogens (tertiary/aromatic N) is 2. The van der Waals surface area contributed by atoms with Crippen LogP contribution in [-0.2, 0) is 9.53 Å². The highest BCUT2D eigenvalue weighted by Crippen LogP contribution is 2.19. The second kappa shape index (κ2) is 8.76. The number of ether oxygens (including phenoxy) is 1. The smallest absolute Gasteiger partial charge is 0.275 e. The molecule has 2 aromatic rings. The second-order valence-corrected chi connectivity index (χ2v) is 6.62. The van der Waals surface area contributed by atoms with Crippen molar-refractivity contribution in [3.05, 3.63) is 35.7 Å². The van der Waals surface area contributed by atoms with Crippen LogP contribution in [0.3, 0.4) is 0 Å². The summed E-state index contributed by atoms with van der Waals surface area (Å²) in [6.45, 7) is 2.50. The van der Waals surface area contributed by atoms with Crippen LogP contribution >= 0.6 is 23.3 Å². The van der Waals surface area contributed by atoms with Crippen molar-refractivity contribution in [2.75, 3.05) is 24.8 Å². The molecule has 122 valence electrons. The maximum Gasteiger partial charge on any atom is 0.275 e.